The summed E-state index contributed by atoms with van der Waals surface area (Å²) < 4.78 is 0. The standard InChI is InChI=1S/C20H17N3O5/c1-12(2)14-5-3-13(4-6-14)11-17-18(24)21-20(26)22(19(17)25)15-7-9-16(10-8-15)23(27)28/h3-12H,1-2H3,(H,21,24,26). The molecule has 1 N–H and O–H groups in total. The number of urea groups is 1. The highest BCUT2D eigenvalue weighted by molar-refractivity contribution is 6.39. The fourth-order valence-corrected chi connectivity index (χ4v) is 2.76. The van der Waals surface area contributed by atoms with Crippen molar-refractivity contribution in [2.75, 3.05) is 4.90 Å². The molecule has 0 aliphatic carbocycles. The van der Waals surface area contributed by atoms with Gasteiger partial charge in [0, 0.05) is 12.1 Å². The van der Waals surface area contributed by atoms with Crippen LogP contribution in [0.15, 0.2) is 54.1 Å². The van der Waals surface area contributed by atoms with Crippen LogP contribution < -0.4 is 10.2 Å². The highest BCUT2D eigenvalue weighted by Gasteiger charge is 2.36. The smallest absolute Gasteiger partial charge is 0.273 e. The van der Waals surface area contributed by atoms with Crippen molar-refractivity contribution in [3.05, 3.63) is 75.3 Å². The van der Waals surface area contributed by atoms with Gasteiger partial charge < -0.3 is 0 Å². The Morgan fingerprint density at radius 1 is 1.00 bits per heavy atom. The van der Waals surface area contributed by atoms with E-state index in [9.17, 15) is 24.5 Å². The molecule has 8 nitrogen and oxygen atoms in total. The number of nitrogens with one attached hydrogen (secondary N) is 1. The van der Waals surface area contributed by atoms with Gasteiger partial charge in [0.25, 0.3) is 17.5 Å². The van der Waals surface area contributed by atoms with E-state index in [1.54, 1.807) is 12.1 Å². The van der Waals surface area contributed by atoms with Crippen LogP contribution in [0.2, 0.25) is 0 Å². The average molecular weight is 379 g/mol. The number of benzene rings is 2. The van der Waals surface area contributed by atoms with Gasteiger partial charge in [-0.3, -0.25) is 25.0 Å². The van der Waals surface area contributed by atoms with Crippen molar-refractivity contribution < 1.29 is 19.3 Å². The molecule has 0 spiro atoms. The van der Waals surface area contributed by atoms with Crippen LogP contribution >= 0.6 is 0 Å². The van der Waals surface area contributed by atoms with E-state index < -0.39 is 22.8 Å². The summed E-state index contributed by atoms with van der Waals surface area (Å²) >= 11 is 0. The summed E-state index contributed by atoms with van der Waals surface area (Å²) in [6, 6.07) is 11.4. The third kappa shape index (κ3) is 3.66. The Labute approximate surface area is 160 Å². The van der Waals surface area contributed by atoms with Gasteiger partial charge in [-0.05, 0) is 35.3 Å². The Kier molecular flexibility index (Phi) is 5.04. The van der Waals surface area contributed by atoms with E-state index in [-0.39, 0.29) is 16.9 Å². The molecular formula is C20H17N3O5. The summed E-state index contributed by atoms with van der Waals surface area (Å²) in [6.07, 6.45) is 1.41. The van der Waals surface area contributed by atoms with Crippen molar-refractivity contribution in [2.24, 2.45) is 0 Å². The van der Waals surface area contributed by atoms with Gasteiger partial charge in [0.15, 0.2) is 0 Å². The van der Waals surface area contributed by atoms with Crippen LogP contribution in [0.3, 0.4) is 0 Å². The van der Waals surface area contributed by atoms with Crippen LogP contribution in [0.25, 0.3) is 6.08 Å². The number of hydrogen-bond donors (Lipinski definition) is 1. The lowest BCUT2D eigenvalue weighted by atomic mass is 10.0. The monoisotopic (exact) mass is 379 g/mol. The van der Waals surface area contributed by atoms with Crippen LogP contribution in [0.1, 0.15) is 30.9 Å². The predicted molar refractivity (Wildman–Crippen MR) is 103 cm³/mol. The largest absolute Gasteiger partial charge is 0.335 e. The molecule has 1 aliphatic rings. The fourth-order valence-electron chi connectivity index (χ4n) is 2.76. The predicted octanol–water partition coefficient (Wildman–Crippen LogP) is 3.38. The van der Waals surface area contributed by atoms with Gasteiger partial charge in [0.1, 0.15) is 5.57 Å². The van der Waals surface area contributed by atoms with E-state index in [1.165, 1.54) is 30.3 Å². The number of nitro groups is 1. The number of anilines is 1. The Hall–Kier alpha value is -3.81. The first-order valence-electron chi connectivity index (χ1n) is 8.54. The molecule has 142 valence electrons. The molecule has 8 heteroatoms. The number of barbiturate groups is 1. The molecule has 2 aromatic rings. The molecule has 0 aromatic heterocycles. The molecule has 4 amide bonds. The Morgan fingerprint density at radius 2 is 1.61 bits per heavy atom. The first-order chi connectivity index (χ1) is 13.3. The Morgan fingerprint density at radius 3 is 2.14 bits per heavy atom. The topological polar surface area (TPSA) is 110 Å². The van der Waals surface area contributed by atoms with E-state index >= 15 is 0 Å². The summed E-state index contributed by atoms with van der Waals surface area (Å²) in [6.45, 7) is 4.11. The summed E-state index contributed by atoms with van der Waals surface area (Å²) in [4.78, 5) is 48.1. The lowest BCUT2D eigenvalue weighted by Gasteiger charge is -2.26. The molecule has 2 aromatic carbocycles. The molecule has 1 aliphatic heterocycles. The van der Waals surface area contributed by atoms with E-state index in [0.717, 1.165) is 10.5 Å². The minimum atomic E-state index is -0.906. The minimum Gasteiger partial charge on any atom is -0.273 e. The SMILES string of the molecule is CC(C)c1ccc(C=C2C(=O)NC(=O)N(c3ccc([N+](=O)[O-])cc3)C2=O)cc1. The van der Waals surface area contributed by atoms with Gasteiger partial charge in [0.2, 0.25) is 0 Å². The van der Waals surface area contributed by atoms with E-state index in [2.05, 4.69) is 19.2 Å². The average Bonchev–Trinajstić information content (AvgIpc) is 2.65. The van der Waals surface area contributed by atoms with Crippen molar-refractivity contribution >= 4 is 35.3 Å². The maximum Gasteiger partial charge on any atom is 0.335 e. The molecule has 1 saturated heterocycles. The van der Waals surface area contributed by atoms with Crippen molar-refractivity contribution in [1.82, 2.24) is 5.32 Å². The number of imide groups is 2. The highest BCUT2D eigenvalue weighted by atomic mass is 16.6. The maximum absolute atomic E-state index is 12.8. The van der Waals surface area contributed by atoms with Gasteiger partial charge >= 0.3 is 6.03 Å². The Balaban J connectivity index is 1.94. The number of amides is 4. The van der Waals surface area contributed by atoms with Gasteiger partial charge in [-0.2, -0.15) is 0 Å². The molecule has 0 radical (unpaired) electrons. The minimum absolute atomic E-state index is 0.127. The molecule has 28 heavy (non-hydrogen) atoms. The third-order valence-electron chi connectivity index (χ3n) is 4.33. The number of hydrogen-bond acceptors (Lipinski definition) is 5. The van der Waals surface area contributed by atoms with Gasteiger partial charge in [-0.15, -0.1) is 0 Å². The zero-order valence-electron chi connectivity index (χ0n) is 15.2. The van der Waals surface area contributed by atoms with Crippen LogP contribution in [0.5, 0.6) is 0 Å². The number of carbonyl (C=O) groups is 3. The van der Waals surface area contributed by atoms with Crippen molar-refractivity contribution in [2.45, 2.75) is 19.8 Å². The van der Waals surface area contributed by atoms with Gasteiger partial charge in [-0.25, -0.2) is 9.69 Å². The lowest BCUT2D eigenvalue weighted by molar-refractivity contribution is -0.384. The van der Waals surface area contributed by atoms with Crippen LogP contribution in [-0.2, 0) is 9.59 Å². The number of rotatable bonds is 4. The number of nitro benzene ring substituents is 1. The number of carbonyl (C=O) groups excluding carboxylic acids is 3. The molecule has 1 heterocycles. The van der Waals surface area contributed by atoms with Crippen LogP contribution in [-0.4, -0.2) is 22.8 Å². The second-order valence-electron chi connectivity index (χ2n) is 6.55. The molecular weight excluding hydrogens is 362 g/mol. The fraction of sp³-hybridized carbons (Fsp3) is 0.150. The summed E-state index contributed by atoms with van der Waals surface area (Å²) in [7, 11) is 0. The number of nitrogens with zero attached hydrogens (tertiary/aromatic N) is 2. The zero-order chi connectivity index (χ0) is 20.4. The van der Waals surface area contributed by atoms with E-state index in [4.69, 9.17) is 0 Å². The summed E-state index contributed by atoms with van der Waals surface area (Å²) in [5.74, 6) is -1.24. The van der Waals surface area contributed by atoms with Gasteiger partial charge in [0.05, 0.1) is 10.6 Å². The third-order valence-corrected chi connectivity index (χ3v) is 4.33. The van der Waals surface area contributed by atoms with Crippen molar-refractivity contribution in [1.29, 1.82) is 0 Å². The Bertz CT molecular complexity index is 992. The molecule has 0 atom stereocenters. The summed E-state index contributed by atoms with van der Waals surface area (Å²) in [5, 5.41) is 12.9. The quantitative estimate of drug-likeness (QED) is 0.379. The molecule has 3 rings (SSSR count). The molecule has 0 unspecified atom stereocenters. The summed E-state index contributed by atoms with van der Waals surface area (Å²) in [5.41, 5.74) is 1.51. The highest BCUT2D eigenvalue weighted by Crippen LogP contribution is 2.24. The first kappa shape index (κ1) is 19.0. The van der Waals surface area contributed by atoms with Crippen molar-refractivity contribution in [3.8, 4) is 0 Å². The first-order valence-corrected chi connectivity index (χ1v) is 8.54. The van der Waals surface area contributed by atoms with Crippen LogP contribution in [0.4, 0.5) is 16.2 Å². The zero-order valence-corrected chi connectivity index (χ0v) is 15.2. The molecule has 1 fully saturated rings. The van der Waals surface area contributed by atoms with Crippen molar-refractivity contribution in [3.63, 3.8) is 0 Å². The lowest BCUT2D eigenvalue weighted by Crippen LogP contribution is -2.54. The normalized spacial score (nSPS) is 15.9. The number of non-ortho nitro benzene ring substituents is 1. The second-order valence-corrected chi connectivity index (χ2v) is 6.55. The van der Waals surface area contributed by atoms with E-state index in [1.807, 2.05) is 12.1 Å². The van der Waals surface area contributed by atoms with Gasteiger partial charge in [-0.1, -0.05) is 38.1 Å². The van der Waals surface area contributed by atoms with Crippen LogP contribution in [0, 0.1) is 10.1 Å². The van der Waals surface area contributed by atoms with E-state index in [0.29, 0.717) is 11.5 Å². The molecule has 0 bridgehead atoms. The maximum atomic E-state index is 12.8. The second kappa shape index (κ2) is 7.43. The molecule has 0 saturated carbocycles.